The van der Waals surface area contributed by atoms with Crippen molar-refractivity contribution in [3.63, 3.8) is 0 Å². The second-order valence-corrected chi connectivity index (χ2v) is 5.23. The molecule has 0 aromatic heterocycles. The summed E-state index contributed by atoms with van der Waals surface area (Å²) in [6, 6.07) is 15.5. The van der Waals surface area contributed by atoms with Gasteiger partial charge in [0, 0.05) is 11.4 Å². The summed E-state index contributed by atoms with van der Waals surface area (Å²) < 4.78 is 11.5. The average Bonchev–Trinajstić information content (AvgIpc) is 2.52. The van der Waals surface area contributed by atoms with E-state index in [9.17, 15) is 0 Å². The van der Waals surface area contributed by atoms with Gasteiger partial charge in [0.15, 0.2) is 11.5 Å². The lowest BCUT2D eigenvalue weighted by atomic mass is 10.1. The minimum Gasteiger partial charge on any atom is -0.490 e. The third kappa shape index (κ3) is 4.68. The first-order chi connectivity index (χ1) is 10.7. The Kier molecular flexibility index (Phi) is 6.12. The first kappa shape index (κ1) is 16.2. The SMILES string of the molecule is CCOc1cc(CCC#N)ccc1OCc1cccc(Cl)c1. The van der Waals surface area contributed by atoms with Gasteiger partial charge in [-0.2, -0.15) is 5.26 Å². The van der Waals surface area contributed by atoms with Gasteiger partial charge < -0.3 is 9.47 Å². The molecule has 2 aromatic rings. The lowest BCUT2D eigenvalue weighted by Gasteiger charge is -2.13. The van der Waals surface area contributed by atoms with Gasteiger partial charge >= 0.3 is 0 Å². The molecule has 4 heteroatoms. The van der Waals surface area contributed by atoms with Crippen molar-refractivity contribution >= 4 is 11.6 Å². The highest BCUT2D eigenvalue weighted by Gasteiger charge is 2.07. The van der Waals surface area contributed by atoms with Crippen LogP contribution in [0.25, 0.3) is 0 Å². The van der Waals surface area contributed by atoms with Gasteiger partial charge in [-0.1, -0.05) is 29.8 Å². The Morgan fingerprint density at radius 2 is 1.91 bits per heavy atom. The van der Waals surface area contributed by atoms with Crippen LogP contribution >= 0.6 is 11.6 Å². The Hall–Kier alpha value is -2.18. The molecular formula is C18H18ClNO2. The molecule has 114 valence electrons. The van der Waals surface area contributed by atoms with Gasteiger partial charge in [0.2, 0.25) is 0 Å². The van der Waals surface area contributed by atoms with E-state index in [0.29, 0.717) is 42.6 Å². The fourth-order valence-electron chi connectivity index (χ4n) is 2.08. The molecule has 0 N–H and O–H groups in total. The molecule has 3 nitrogen and oxygen atoms in total. The summed E-state index contributed by atoms with van der Waals surface area (Å²) in [6.07, 6.45) is 1.21. The zero-order valence-electron chi connectivity index (χ0n) is 12.5. The van der Waals surface area contributed by atoms with Gasteiger partial charge in [0.1, 0.15) is 6.61 Å². The number of aryl methyl sites for hydroxylation is 1. The second kappa shape index (κ2) is 8.31. The molecule has 0 aliphatic heterocycles. The van der Waals surface area contributed by atoms with Gasteiger partial charge in [0.25, 0.3) is 0 Å². The predicted molar refractivity (Wildman–Crippen MR) is 87.3 cm³/mol. The van der Waals surface area contributed by atoms with Crippen LogP contribution in [0.4, 0.5) is 0 Å². The number of ether oxygens (including phenoxy) is 2. The molecule has 0 radical (unpaired) electrons. The molecule has 0 atom stereocenters. The monoisotopic (exact) mass is 315 g/mol. The van der Waals surface area contributed by atoms with Crippen LogP contribution < -0.4 is 9.47 Å². The van der Waals surface area contributed by atoms with E-state index in [1.807, 2.05) is 49.4 Å². The minimum atomic E-state index is 0.429. The van der Waals surface area contributed by atoms with Crippen molar-refractivity contribution in [1.29, 1.82) is 5.26 Å². The molecule has 22 heavy (non-hydrogen) atoms. The van der Waals surface area contributed by atoms with E-state index in [2.05, 4.69) is 6.07 Å². The first-order valence-corrected chi connectivity index (χ1v) is 7.60. The fourth-order valence-corrected chi connectivity index (χ4v) is 2.30. The van der Waals surface area contributed by atoms with E-state index in [1.165, 1.54) is 0 Å². The first-order valence-electron chi connectivity index (χ1n) is 7.23. The van der Waals surface area contributed by atoms with Crippen molar-refractivity contribution < 1.29 is 9.47 Å². The standard InChI is InChI=1S/C18H18ClNO2/c1-2-21-18-12-14(6-4-10-20)8-9-17(18)22-13-15-5-3-7-16(19)11-15/h3,5,7-9,11-12H,2,4,6,13H2,1H3. The van der Waals surface area contributed by atoms with E-state index >= 15 is 0 Å². The molecule has 0 saturated carbocycles. The molecule has 0 spiro atoms. The number of nitrogens with zero attached hydrogens (tertiary/aromatic N) is 1. The van der Waals surface area contributed by atoms with Crippen molar-refractivity contribution in [3.05, 3.63) is 58.6 Å². The minimum absolute atomic E-state index is 0.429. The summed E-state index contributed by atoms with van der Waals surface area (Å²) >= 11 is 5.97. The smallest absolute Gasteiger partial charge is 0.161 e. The van der Waals surface area contributed by atoms with Gasteiger partial charge in [-0.15, -0.1) is 0 Å². The van der Waals surface area contributed by atoms with Crippen LogP contribution in [0.2, 0.25) is 5.02 Å². The summed E-state index contributed by atoms with van der Waals surface area (Å²) in [7, 11) is 0. The van der Waals surface area contributed by atoms with Crippen molar-refractivity contribution in [1.82, 2.24) is 0 Å². The summed E-state index contributed by atoms with van der Waals surface area (Å²) in [5, 5.41) is 9.36. The zero-order valence-corrected chi connectivity index (χ0v) is 13.3. The van der Waals surface area contributed by atoms with E-state index in [1.54, 1.807) is 0 Å². The third-order valence-corrected chi connectivity index (χ3v) is 3.35. The van der Waals surface area contributed by atoms with Gasteiger partial charge in [-0.25, -0.2) is 0 Å². The van der Waals surface area contributed by atoms with Gasteiger partial charge in [-0.3, -0.25) is 0 Å². The largest absolute Gasteiger partial charge is 0.490 e. The molecule has 2 aromatic carbocycles. The molecule has 0 heterocycles. The highest BCUT2D eigenvalue weighted by Crippen LogP contribution is 2.30. The summed E-state index contributed by atoms with van der Waals surface area (Å²) in [6.45, 7) is 2.93. The molecule has 0 bridgehead atoms. The van der Waals surface area contributed by atoms with E-state index in [4.69, 9.17) is 26.3 Å². The molecule has 2 rings (SSSR count). The molecule has 0 aliphatic carbocycles. The maximum atomic E-state index is 8.67. The predicted octanol–water partition coefficient (Wildman–Crippen LogP) is 4.77. The molecule has 0 unspecified atom stereocenters. The van der Waals surface area contributed by atoms with Crippen molar-refractivity contribution in [2.24, 2.45) is 0 Å². The van der Waals surface area contributed by atoms with Gasteiger partial charge in [0.05, 0.1) is 12.7 Å². The summed E-state index contributed by atoms with van der Waals surface area (Å²) in [5.41, 5.74) is 2.07. The van der Waals surface area contributed by atoms with Crippen LogP contribution in [0.15, 0.2) is 42.5 Å². The molecule has 0 saturated heterocycles. The Morgan fingerprint density at radius 3 is 2.64 bits per heavy atom. The average molecular weight is 316 g/mol. The number of nitriles is 1. The molecule has 0 amide bonds. The van der Waals surface area contributed by atoms with E-state index in [0.717, 1.165) is 11.1 Å². The van der Waals surface area contributed by atoms with Crippen molar-refractivity contribution in [3.8, 4) is 17.6 Å². The fraction of sp³-hybridized carbons (Fsp3) is 0.278. The van der Waals surface area contributed by atoms with Gasteiger partial charge in [-0.05, 0) is 48.7 Å². The molecule has 0 fully saturated rings. The highest BCUT2D eigenvalue weighted by molar-refractivity contribution is 6.30. The summed E-state index contributed by atoms with van der Waals surface area (Å²) in [5.74, 6) is 1.41. The Labute approximate surface area is 136 Å². The highest BCUT2D eigenvalue weighted by atomic mass is 35.5. The van der Waals surface area contributed by atoms with Crippen LogP contribution in [0, 0.1) is 11.3 Å². The number of rotatable bonds is 7. The Bertz CT molecular complexity index is 664. The second-order valence-electron chi connectivity index (χ2n) is 4.79. The van der Waals surface area contributed by atoms with E-state index < -0.39 is 0 Å². The summed E-state index contributed by atoms with van der Waals surface area (Å²) in [4.78, 5) is 0. The van der Waals surface area contributed by atoms with Crippen molar-refractivity contribution in [2.75, 3.05) is 6.61 Å². The maximum absolute atomic E-state index is 8.67. The quantitative estimate of drug-likeness (QED) is 0.738. The number of benzene rings is 2. The normalized spacial score (nSPS) is 10.0. The maximum Gasteiger partial charge on any atom is 0.161 e. The number of hydrogen-bond donors (Lipinski definition) is 0. The Morgan fingerprint density at radius 1 is 1.05 bits per heavy atom. The lowest BCUT2D eigenvalue weighted by Crippen LogP contribution is -2.00. The van der Waals surface area contributed by atoms with E-state index in [-0.39, 0.29) is 0 Å². The zero-order chi connectivity index (χ0) is 15.8. The third-order valence-electron chi connectivity index (χ3n) is 3.12. The number of halogens is 1. The van der Waals surface area contributed by atoms with Crippen molar-refractivity contribution in [2.45, 2.75) is 26.4 Å². The topological polar surface area (TPSA) is 42.2 Å². The molecule has 0 aliphatic rings. The van der Waals surface area contributed by atoms with Crippen LogP contribution in [0.1, 0.15) is 24.5 Å². The van der Waals surface area contributed by atoms with Crippen LogP contribution in [-0.2, 0) is 13.0 Å². The van der Waals surface area contributed by atoms with Crippen LogP contribution in [-0.4, -0.2) is 6.61 Å². The number of hydrogen-bond acceptors (Lipinski definition) is 3. The van der Waals surface area contributed by atoms with Crippen LogP contribution in [0.5, 0.6) is 11.5 Å². The van der Waals surface area contributed by atoms with Crippen LogP contribution in [0.3, 0.4) is 0 Å². The Balaban J connectivity index is 2.10. The molecular weight excluding hydrogens is 298 g/mol. The lowest BCUT2D eigenvalue weighted by molar-refractivity contribution is 0.269.